The van der Waals surface area contributed by atoms with Crippen LogP contribution in [-0.2, 0) is 5.54 Å². The molecule has 18 heavy (non-hydrogen) atoms. The summed E-state index contributed by atoms with van der Waals surface area (Å²) < 4.78 is 53.5. The lowest BCUT2D eigenvalue weighted by Crippen LogP contribution is -2.47. The molecule has 0 aromatic heterocycles. The Kier molecular flexibility index (Phi) is 4.73. The maximum Gasteiger partial charge on any atom is 0.260 e. The first-order valence-corrected chi connectivity index (χ1v) is 5.82. The summed E-state index contributed by atoms with van der Waals surface area (Å²) in [6.45, 7) is 4.68. The molecule has 0 radical (unpaired) electrons. The second-order valence-electron chi connectivity index (χ2n) is 4.51. The number of hydrogen-bond donors (Lipinski definition) is 1. The monoisotopic (exact) mass is 263 g/mol. The molecule has 102 valence electrons. The Morgan fingerprint density at radius 2 is 1.83 bits per heavy atom. The summed E-state index contributed by atoms with van der Waals surface area (Å²) in [5.41, 5.74) is -2.12. The second kappa shape index (κ2) is 5.69. The molecule has 0 aliphatic rings. The van der Waals surface area contributed by atoms with Gasteiger partial charge in [0.1, 0.15) is 17.2 Å². The van der Waals surface area contributed by atoms with E-state index in [-0.39, 0.29) is 11.1 Å². The topological polar surface area (TPSA) is 12.0 Å². The fourth-order valence-corrected chi connectivity index (χ4v) is 1.72. The third-order valence-electron chi connectivity index (χ3n) is 2.99. The van der Waals surface area contributed by atoms with Gasteiger partial charge in [-0.3, -0.25) is 0 Å². The Hall–Kier alpha value is -1.10. The third kappa shape index (κ3) is 2.83. The zero-order valence-corrected chi connectivity index (χ0v) is 10.7. The molecule has 1 unspecified atom stereocenters. The Balaban J connectivity index is 3.25. The molecule has 1 aromatic rings. The molecule has 0 saturated heterocycles. The van der Waals surface area contributed by atoms with Crippen molar-refractivity contribution in [1.82, 2.24) is 5.32 Å². The standard InChI is InChI=1S/C13H17F4N/c1-4-5-18-13(3,12(16)17)9-7-10(14)8(2)6-11(9)15/h6-7,12,18H,4-5H2,1-3H3. The van der Waals surface area contributed by atoms with Crippen LogP contribution in [0.5, 0.6) is 0 Å². The summed E-state index contributed by atoms with van der Waals surface area (Å²) in [6.07, 6.45) is -2.21. The van der Waals surface area contributed by atoms with E-state index in [9.17, 15) is 17.6 Å². The first kappa shape index (κ1) is 15.0. The largest absolute Gasteiger partial charge is 0.303 e. The average molecular weight is 263 g/mol. The molecule has 0 amide bonds. The Bertz CT molecular complexity index is 420. The molecule has 1 N–H and O–H groups in total. The summed E-state index contributed by atoms with van der Waals surface area (Å²) >= 11 is 0. The number of halogens is 4. The van der Waals surface area contributed by atoms with Gasteiger partial charge in [0.15, 0.2) is 0 Å². The highest BCUT2D eigenvalue weighted by molar-refractivity contribution is 5.31. The van der Waals surface area contributed by atoms with Gasteiger partial charge in [-0.15, -0.1) is 0 Å². The highest BCUT2D eigenvalue weighted by atomic mass is 19.3. The normalized spacial score (nSPS) is 14.9. The fourth-order valence-electron chi connectivity index (χ4n) is 1.72. The SMILES string of the molecule is CCCNC(C)(c1cc(F)c(C)cc1F)C(F)F. The molecule has 0 bridgehead atoms. The molecular weight excluding hydrogens is 246 g/mol. The summed E-state index contributed by atoms with van der Waals surface area (Å²) in [5.74, 6) is -1.50. The summed E-state index contributed by atoms with van der Waals surface area (Å²) in [7, 11) is 0. The number of alkyl halides is 2. The van der Waals surface area contributed by atoms with Crippen LogP contribution in [0.2, 0.25) is 0 Å². The minimum Gasteiger partial charge on any atom is -0.303 e. The van der Waals surface area contributed by atoms with E-state index in [0.29, 0.717) is 13.0 Å². The Morgan fingerprint density at radius 1 is 1.22 bits per heavy atom. The molecule has 5 heteroatoms. The summed E-state index contributed by atoms with van der Waals surface area (Å²) in [5, 5.41) is 2.59. The minimum absolute atomic E-state index is 0.100. The Labute approximate surface area is 104 Å². The van der Waals surface area contributed by atoms with Gasteiger partial charge < -0.3 is 5.32 Å². The molecule has 1 rings (SSSR count). The summed E-state index contributed by atoms with van der Waals surface area (Å²) in [4.78, 5) is 0. The van der Waals surface area contributed by atoms with Gasteiger partial charge in [-0.05, 0) is 44.5 Å². The van der Waals surface area contributed by atoms with Crippen molar-refractivity contribution in [2.75, 3.05) is 6.54 Å². The van der Waals surface area contributed by atoms with Crippen molar-refractivity contribution in [1.29, 1.82) is 0 Å². The molecule has 0 aliphatic carbocycles. The van der Waals surface area contributed by atoms with Crippen LogP contribution in [0.25, 0.3) is 0 Å². The highest BCUT2D eigenvalue weighted by Crippen LogP contribution is 2.31. The molecule has 0 aliphatic heterocycles. The Morgan fingerprint density at radius 3 is 2.33 bits per heavy atom. The predicted octanol–water partition coefficient (Wildman–Crippen LogP) is 3.75. The maximum atomic E-state index is 13.8. The van der Waals surface area contributed by atoms with E-state index in [1.54, 1.807) is 0 Å². The van der Waals surface area contributed by atoms with Crippen LogP contribution in [0, 0.1) is 18.6 Å². The van der Waals surface area contributed by atoms with Gasteiger partial charge in [0.25, 0.3) is 6.43 Å². The van der Waals surface area contributed by atoms with Crippen molar-refractivity contribution in [3.8, 4) is 0 Å². The van der Waals surface area contributed by atoms with Gasteiger partial charge in [0, 0.05) is 5.56 Å². The molecule has 0 heterocycles. The van der Waals surface area contributed by atoms with Crippen LogP contribution in [-0.4, -0.2) is 13.0 Å². The van der Waals surface area contributed by atoms with Gasteiger partial charge in [-0.2, -0.15) is 0 Å². The van der Waals surface area contributed by atoms with Crippen LogP contribution < -0.4 is 5.32 Å². The van der Waals surface area contributed by atoms with E-state index < -0.39 is 23.6 Å². The van der Waals surface area contributed by atoms with Crippen molar-refractivity contribution >= 4 is 0 Å². The lowest BCUT2D eigenvalue weighted by Gasteiger charge is -2.31. The molecule has 1 aromatic carbocycles. The first-order chi connectivity index (χ1) is 8.32. The van der Waals surface area contributed by atoms with E-state index in [0.717, 1.165) is 12.1 Å². The summed E-state index contributed by atoms with van der Waals surface area (Å²) in [6, 6.07) is 1.79. The van der Waals surface area contributed by atoms with E-state index >= 15 is 0 Å². The van der Waals surface area contributed by atoms with Crippen molar-refractivity contribution in [2.45, 2.75) is 39.2 Å². The van der Waals surface area contributed by atoms with E-state index in [1.165, 1.54) is 13.8 Å². The van der Waals surface area contributed by atoms with Gasteiger partial charge in [0.2, 0.25) is 0 Å². The molecule has 0 spiro atoms. The number of hydrogen-bond acceptors (Lipinski definition) is 1. The van der Waals surface area contributed by atoms with Crippen LogP contribution in [0.3, 0.4) is 0 Å². The van der Waals surface area contributed by atoms with Crippen molar-refractivity contribution in [3.63, 3.8) is 0 Å². The number of aryl methyl sites for hydroxylation is 1. The molecule has 1 atom stereocenters. The number of nitrogens with one attached hydrogen (secondary N) is 1. The van der Waals surface area contributed by atoms with Crippen molar-refractivity contribution in [3.05, 3.63) is 34.9 Å². The first-order valence-electron chi connectivity index (χ1n) is 5.82. The van der Waals surface area contributed by atoms with E-state index in [4.69, 9.17) is 0 Å². The lowest BCUT2D eigenvalue weighted by atomic mass is 9.90. The van der Waals surface area contributed by atoms with Gasteiger partial charge in [0.05, 0.1) is 0 Å². The number of rotatable bonds is 5. The lowest BCUT2D eigenvalue weighted by molar-refractivity contribution is 0.0362. The predicted molar refractivity (Wildman–Crippen MR) is 62.7 cm³/mol. The van der Waals surface area contributed by atoms with Crippen LogP contribution in [0.4, 0.5) is 17.6 Å². The zero-order valence-electron chi connectivity index (χ0n) is 10.7. The number of benzene rings is 1. The maximum absolute atomic E-state index is 13.8. The second-order valence-corrected chi connectivity index (χ2v) is 4.51. The van der Waals surface area contributed by atoms with E-state index in [1.807, 2.05) is 6.92 Å². The molecule has 1 nitrogen and oxygen atoms in total. The van der Waals surface area contributed by atoms with Gasteiger partial charge in [-0.1, -0.05) is 6.92 Å². The van der Waals surface area contributed by atoms with Crippen molar-refractivity contribution in [2.24, 2.45) is 0 Å². The quantitative estimate of drug-likeness (QED) is 0.798. The minimum atomic E-state index is -2.83. The average Bonchev–Trinajstić information content (AvgIpc) is 2.30. The molecule has 0 saturated carbocycles. The fraction of sp³-hybridized carbons (Fsp3) is 0.538. The van der Waals surface area contributed by atoms with Crippen molar-refractivity contribution < 1.29 is 17.6 Å². The van der Waals surface area contributed by atoms with E-state index in [2.05, 4.69) is 5.32 Å². The van der Waals surface area contributed by atoms with Gasteiger partial charge in [-0.25, -0.2) is 17.6 Å². The van der Waals surface area contributed by atoms with Crippen LogP contribution in [0.1, 0.15) is 31.4 Å². The molecule has 0 fully saturated rings. The third-order valence-corrected chi connectivity index (χ3v) is 2.99. The van der Waals surface area contributed by atoms with Crippen LogP contribution >= 0.6 is 0 Å². The highest BCUT2D eigenvalue weighted by Gasteiger charge is 2.38. The van der Waals surface area contributed by atoms with Crippen LogP contribution in [0.15, 0.2) is 12.1 Å². The van der Waals surface area contributed by atoms with Gasteiger partial charge >= 0.3 is 0 Å². The molecular formula is C13H17F4N. The smallest absolute Gasteiger partial charge is 0.260 e. The zero-order chi connectivity index (χ0) is 13.9.